The standard InChI is InChI=1S/2C3H8O.2C2H4O2.Ti/c2*1-3(2)4;2*1-2(3)4;/h2*3-4H,1-2H3;2*1H3,(H,3,4);/q;;;;+2/p-2. The zero-order chi connectivity index (χ0) is 14.3. The average Bonchev–Trinajstić information content (AvgIpc) is 1.76. The molecule has 0 aromatic heterocycles. The number of hydrogen-bond donors (Lipinski definition) is 2. The third kappa shape index (κ3) is 15800. The van der Waals surface area contributed by atoms with E-state index in [1.54, 1.807) is 27.7 Å². The van der Waals surface area contributed by atoms with Gasteiger partial charge in [-0.25, -0.2) is 0 Å². The van der Waals surface area contributed by atoms with Crippen molar-refractivity contribution in [1.82, 2.24) is 0 Å². The van der Waals surface area contributed by atoms with Crippen molar-refractivity contribution in [2.45, 2.75) is 53.8 Å². The van der Waals surface area contributed by atoms with Gasteiger partial charge in [0.1, 0.15) is 0 Å². The molecule has 2 N–H and O–H groups in total. The number of rotatable bonds is 0. The first kappa shape index (κ1) is 30.0. The first-order valence-electron chi connectivity index (χ1n) is 4.64. The fourth-order valence-electron chi connectivity index (χ4n) is 0. The summed E-state index contributed by atoms with van der Waals surface area (Å²) in [6.45, 7) is 8.83. The van der Waals surface area contributed by atoms with Gasteiger partial charge in [0.2, 0.25) is 0 Å². The van der Waals surface area contributed by atoms with E-state index in [1.807, 2.05) is 0 Å². The second-order valence-corrected chi connectivity index (χ2v) is 3.17. The fraction of sp³-hybridized carbons (Fsp3) is 0.800. The maximum Gasteiger partial charge on any atom is 2.00 e. The molecular weight excluding hydrogens is 264 g/mol. The largest absolute Gasteiger partial charge is 2.00 e. The van der Waals surface area contributed by atoms with Gasteiger partial charge in [0.25, 0.3) is 0 Å². The molecule has 0 aromatic rings. The molecule has 0 spiro atoms. The second kappa shape index (κ2) is 24.7. The van der Waals surface area contributed by atoms with E-state index in [1.165, 1.54) is 0 Å². The van der Waals surface area contributed by atoms with E-state index in [9.17, 15) is 0 Å². The van der Waals surface area contributed by atoms with Crippen LogP contribution in [0.3, 0.4) is 0 Å². The number of carboxylic acid groups (broad SMARTS) is 2. The van der Waals surface area contributed by atoms with Crippen molar-refractivity contribution < 1.29 is 51.7 Å². The monoisotopic (exact) mass is 286 g/mol. The minimum absolute atomic E-state index is 0. The SMILES string of the molecule is CC(=O)[O-].CC(=O)[O-].CC(C)O.CC(C)O.[Ti+2]. The number of aliphatic carboxylic acids is 2. The molecule has 0 amide bonds. The number of aliphatic hydroxyl groups is 2. The van der Waals surface area contributed by atoms with Crippen LogP contribution in [0.4, 0.5) is 0 Å². The van der Waals surface area contributed by atoms with Gasteiger partial charge in [-0.05, 0) is 41.5 Å². The minimum Gasteiger partial charge on any atom is -0.550 e. The van der Waals surface area contributed by atoms with Crippen LogP contribution in [0.15, 0.2) is 0 Å². The molecule has 0 heterocycles. The van der Waals surface area contributed by atoms with Crippen LogP contribution in [-0.2, 0) is 31.3 Å². The van der Waals surface area contributed by atoms with Crippen LogP contribution >= 0.6 is 0 Å². The summed E-state index contributed by atoms with van der Waals surface area (Å²) >= 11 is 0. The maximum atomic E-state index is 8.89. The summed E-state index contributed by atoms with van der Waals surface area (Å²) in [5, 5.41) is 33.9. The van der Waals surface area contributed by atoms with Crippen LogP contribution < -0.4 is 10.2 Å². The molecule has 0 rings (SSSR count). The molecule has 17 heavy (non-hydrogen) atoms. The Morgan fingerprint density at radius 1 is 0.824 bits per heavy atom. The Bertz CT molecular complexity index is 127. The van der Waals surface area contributed by atoms with Crippen molar-refractivity contribution in [2.75, 3.05) is 0 Å². The average molecular weight is 286 g/mol. The zero-order valence-corrected chi connectivity index (χ0v) is 12.7. The zero-order valence-electron chi connectivity index (χ0n) is 11.2. The first-order chi connectivity index (χ1) is 6.93. The van der Waals surface area contributed by atoms with E-state index in [2.05, 4.69) is 0 Å². The van der Waals surface area contributed by atoms with Crippen LogP contribution in [0.2, 0.25) is 0 Å². The molecule has 0 aliphatic carbocycles. The second-order valence-electron chi connectivity index (χ2n) is 3.17. The Kier molecular flexibility index (Phi) is 43.6. The Morgan fingerprint density at radius 3 is 0.824 bits per heavy atom. The molecule has 0 atom stereocenters. The van der Waals surface area contributed by atoms with Crippen LogP contribution in [0.5, 0.6) is 0 Å². The van der Waals surface area contributed by atoms with Gasteiger partial charge >= 0.3 is 21.7 Å². The molecule has 0 aromatic carbocycles. The van der Waals surface area contributed by atoms with Crippen molar-refractivity contribution in [3.05, 3.63) is 0 Å². The number of aliphatic hydroxyl groups excluding tert-OH is 2. The molecule has 102 valence electrons. The van der Waals surface area contributed by atoms with E-state index in [0.717, 1.165) is 13.8 Å². The third-order valence-corrected chi connectivity index (χ3v) is 0. The van der Waals surface area contributed by atoms with Crippen molar-refractivity contribution in [2.24, 2.45) is 0 Å². The topological polar surface area (TPSA) is 121 Å². The number of carbonyl (C=O) groups is 2. The van der Waals surface area contributed by atoms with E-state index >= 15 is 0 Å². The summed E-state index contributed by atoms with van der Waals surface area (Å²) in [5.74, 6) is -2.17. The van der Waals surface area contributed by atoms with Gasteiger partial charge < -0.3 is 30.0 Å². The van der Waals surface area contributed by atoms with Crippen LogP contribution in [0, 0.1) is 0 Å². The predicted octanol–water partition coefficient (Wildman–Crippen LogP) is -1.72. The normalized spacial score (nSPS) is 7.18. The smallest absolute Gasteiger partial charge is 0.550 e. The Hall–Kier alpha value is -0.426. The van der Waals surface area contributed by atoms with Crippen LogP contribution in [0.1, 0.15) is 41.5 Å². The molecule has 0 saturated heterocycles. The van der Waals surface area contributed by atoms with Gasteiger partial charge in [0.15, 0.2) is 0 Å². The van der Waals surface area contributed by atoms with Crippen molar-refractivity contribution in [3.63, 3.8) is 0 Å². The molecule has 0 bridgehead atoms. The maximum absolute atomic E-state index is 8.89. The summed E-state index contributed by atoms with van der Waals surface area (Å²) in [6.07, 6.45) is -0.333. The van der Waals surface area contributed by atoms with Crippen molar-refractivity contribution in [1.29, 1.82) is 0 Å². The van der Waals surface area contributed by atoms with E-state index in [4.69, 9.17) is 30.0 Å². The summed E-state index contributed by atoms with van der Waals surface area (Å²) in [5.41, 5.74) is 0. The third-order valence-electron chi connectivity index (χ3n) is 0. The molecule has 7 heteroatoms. The van der Waals surface area contributed by atoms with E-state index in [-0.39, 0.29) is 33.9 Å². The molecular formula is C10H22O6Ti. The Morgan fingerprint density at radius 2 is 0.824 bits per heavy atom. The quantitative estimate of drug-likeness (QED) is 0.511. The van der Waals surface area contributed by atoms with Gasteiger partial charge in [0.05, 0.1) is 0 Å². The molecule has 0 fully saturated rings. The number of carbonyl (C=O) groups excluding carboxylic acids is 2. The van der Waals surface area contributed by atoms with Crippen LogP contribution in [0.25, 0.3) is 0 Å². The fourth-order valence-corrected chi connectivity index (χ4v) is 0. The van der Waals surface area contributed by atoms with E-state index in [0.29, 0.717) is 0 Å². The first-order valence-corrected chi connectivity index (χ1v) is 4.64. The molecule has 0 aliphatic heterocycles. The predicted molar refractivity (Wildman–Crippen MR) is 56.1 cm³/mol. The summed E-state index contributed by atoms with van der Waals surface area (Å²) in [6, 6.07) is 0. The van der Waals surface area contributed by atoms with Crippen molar-refractivity contribution >= 4 is 11.9 Å². The number of carboxylic acids is 2. The molecule has 0 aliphatic rings. The van der Waals surface area contributed by atoms with Gasteiger partial charge in [-0.3, -0.25) is 0 Å². The van der Waals surface area contributed by atoms with Gasteiger partial charge in [0, 0.05) is 24.1 Å². The number of hydrogen-bond acceptors (Lipinski definition) is 6. The summed E-state index contributed by atoms with van der Waals surface area (Å²) < 4.78 is 0. The molecule has 0 radical (unpaired) electrons. The minimum atomic E-state index is -1.08. The Balaban J connectivity index is -0.0000000369. The Labute approximate surface area is 118 Å². The molecule has 6 nitrogen and oxygen atoms in total. The van der Waals surface area contributed by atoms with Crippen LogP contribution in [-0.4, -0.2) is 34.4 Å². The van der Waals surface area contributed by atoms with Gasteiger partial charge in [-0.15, -0.1) is 0 Å². The summed E-state index contributed by atoms with van der Waals surface area (Å²) in [7, 11) is 0. The van der Waals surface area contributed by atoms with E-state index < -0.39 is 11.9 Å². The summed E-state index contributed by atoms with van der Waals surface area (Å²) in [4.78, 5) is 17.8. The van der Waals surface area contributed by atoms with Gasteiger partial charge in [-0.2, -0.15) is 0 Å². The van der Waals surface area contributed by atoms with Gasteiger partial charge in [-0.1, -0.05) is 0 Å². The van der Waals surface area contributed by atoms with Crippen molar-refractivity contribution in [3.8, 4) is 0 Å². The molecule has 0 unspecified atom stereocenters. The molecule has 0 saturated carbocycles.